The summed E-state index contributed by atoms with van der Waals surface area (Å²) in [5, 5.41) is 16.7. The molecule has 9 nitrogen and oxygen atoms in total. The maximum absolute atomic E-state index is 14.7. The van der Waals surface area contributed by atoms with Gasteiger partial charge in [0.15, 0.2) is 5.78 Å². The van der Waals surface area contributed by atoms with Gasteiger partial charge in [-0.3, -0.25) is 19.5 Å². The first kappa shape index (κ1) is 29.1. The van der Waals surface area contributed by atoms with Crippen LogP contribution in [-0.4, -0.2) is 59.0 Å². The van der Waals surface area contributed by atoms with E-state index in [1.54, 1.807) is 83.2 Å². The van der Waals surface area contributed by atoms with Crippen molar-refractivity contribution in [3.63, 3.8) is 0 Å². The average Bonchev–Trinajstić information content (AvgIpc) is 3.44. The number of rotatable bonds is 9. The molecule has 2 aromatic heterocycles. The van der Waals surface area contributed by atoms with Crippen LogP contribution in [0, 0.1) is 23.2 Å². The van der Waals surface area contributed by atoms with Crippen LogP contribution in [0.3, 0.4) is 0 Å². The highest BCUT2D eigenvalue weighted by Gasteiger charge is 2.65. The van der Waals surface area contributed by atoms with Crippen molar-refractivity contribution < 1.29 is 18.0 Å². The number of thiophene rings is 1. The van der Waals surface area contributed by atoms with Crippen LogP contribution in [0.1, 0.15) is 27.0 Å². The summed E-state index contributed by atoms with van der Waals surface area (Å²) in [6.07, 6.45) is 5.65. The lowest BCUT2D eigenvalue weighted by atomic mass is 9.85. The van der Waals surface area contributed by atoms with Crippen LogP contribution in [0.2, 0.25) is 0 Å². The Hall–Kier alpha value is -4.63. The molecule has 45 heavy (non-hydrogen) atoms. The zero-order valence-corrected chi connectivity index (χ0v) is 25.7. The number of hydrogen-bond acceptors (Lipinski definition) is 8. The molecule has 0 spiro atoms. The number of benzene rings is 2. The van der Waals surface area contributed by atoms with Crippen molar-refractivity contribution in [2.45, 2.75) is 29.3 Å². The van der Waals surface area contributed by atoms with Gasteiger partial charge in [0.05, 0.1) is 16.5 Å². The lowest BCUT2D eigenvalue weighted by Crippen LogP contribution is -2.51. The molecular formula is C34H29N5O4S2. The second-order valence-electron chi connectivity index (χ2n) is 11.8. The van der Waals surface area contributed by atoms with E-state index >= 15 is 0 Å². The van der Waals surface area contributed by atoms with Crippen LogP contribution in [0.5, 0.6) is 0 Å². The van der Waals surface area contributed by atoms with Crippen LogP contribution in [0.4, 0.5) is 0 Å². The molecule has 2 saturated heterocycles. The Labute approximate surface area is 265 Å². The molecule has 11 heteroatoms. The van der Waals surface area contributed by atoms with E-state index in [9.17, 15) is 23.3 Å². The van der Waals surface area contributed by atoms with Crippen molar-refractivity contribution in [3.05, 3.63) is 130 Å². The molecule has 1 N–H and O–H groups in total. The van der Waals surface area contributed by atoms with Gasteiger partial charge in [-0.05, 0) is 76.5 Å². The van der Waals surface area contributed by atoms with Gasteiger partial charge in [-0.2, -0.15) is 20.9 Å². The number of allylic oxidation sites excluding steroid dienone is 1. The highest BCUT2D eigenvalue weighted by Crippen LogP contribution is 2.53. The first-order valence-electron chi connectivity index (χ1n) is 14.6. The summed E-state index contributed by atoms with van der Waals surface area (Å²) < 4.78 is 28.2. The predicted octanol–water partition coefficient (Wildman–Crippen LogP) is 4.01. The molecule has 0 bridgehead atoms. The number of sulfonamides is 1. The molecule has 0 radical (unpaired) electrons. The van der Waals surface area contributed by atoms with E-state index < -0.39 is 15.6 Å². The SMILES string of the molecule is N#Cc1ccc(C(=O)C=C2NC(Cc3ccncc3)(Cc3ccsc3)C(=O)N2C2C3CN(S(=O)(=O)c4ccccc4)CC32)cc1. The van der Waals surface area contributed by atoms with Gasteiger partial charge < -0.3 is 5.32 Å². The summed E-state index contributed by atoms with van der Waals surface area (Å²) in [7, 11) is -3.66. The number of fused-ring (bicyclic) bond motifs is 1. The third kappa shape index (κ3) is 5.35. The molecule has 4 aromatic rings. The van der Waals surface area contributed by atoms with Crippen LogP contribution in [0.25, 0.3) is 0 Å². The van der Waals surface area contributed by atoms with Gasteiger partial charge in [0.2, 0.25) is 10.0 Å². The van der Waals surface area contributed by atoms with Crippen LogP contribution >= 0.6 is 11.3 Å². The third-order valence-electron chi connectivity index (χ3n) is 8.96. The van der Waals surface area contributed by atoms with E-state index in [4.69, 9.17) is 0 Å². The molecule has 2 aromatic carbocycles. The highest BCUT2D eigenvalue weighted by atomic mass is 32.2. The summed E-state index contributed by atoms with van der Waals surface area (Å²) in [5.74, 6) is -0.132. The number of nitrogens with zero attached hydrogens (tertiary/aromatic N) is 4. The Morgan fingerprint density at radius 2 is 1.69 bits per heavy atom. The van der Waals surface area contributed by atoms with E-state index in [1.165, 1.54) is 10.4 Å². The first-order valence-corrected chi connectivity index (χ1v) is 17.0. The minimum atomic E-state index is -3.66. The molecular weight excluding hydrogens is 607 g/mol. The maximum Gasteiger partial charge on any atom is 0.254 e. The number of aromatic nitrogens is 1. The van der Waals surface area contributed by atoms with E-state index in [2.05, 4.69) is 16.4 Å². The number of carbonyl (C=O) groups is 2. The van der Waals surface area contributed by atoms with Crippen molar-refractivity contribution in [3.8, 4) is 6.07 Å². The molecule has 3 aliphatic rings. The zero-order chi connectivity index (χ0) is 31.2. The molecule has 1 saturated carbocycles. The molecule has 4 heterocycles. The summed E-state index contributed by atoms with van der Waals surface area (Å²) in [4.78, 5) is 34.4. The Balaban J connectivity index is 1.23. The normalized spacial score (nSPS) is 25.1. The number of carbonyl (C=O) groups excluding carboxylic acids is 2. The summed E-state index contributed by atoms with van der Waals surface area (Å²) >= 11 is 1.56. The first-order chi connectivity index (χ1) is 21.8. The van der Waals surface area contributed by atoms with Crippen LogP contribution in [0.15, 0.2) is 113 Å². The van der Waals surface area contributed by atoms with Crippen molar-refractivity contribution in [2.24, 2.45) is 11.8 Å². The van der Waals surface area contributed by atoms with Crippen LogP contribution < -0.4 is 5.32 Å². The van der Waals surface area contributed by atoms with Gasteiger partial charge >= 0.3 is 0 Å². The largest absolute Gasteiger partial charge is 0.357 e. The molecule has 1 aliphatic carbocycles. The predicted molar refractivity (Wildman–Crippen MR) is 168 cm³/mol. The standard InChI is InChI=1S/C34H29N5O4S2/c35-19-24-6-8-26(9-7-24)30(40)16-31-37-34(18-25-12-15-44-22-25,17-23-10-13-36-14-11-23)33(41)39(31)32-28-20-38(21-29(28)32)45(42,43)27-4-2-1-3-5-27/h1-16,22,28-29,32,37H,17-18,20-21H2. The van der Waals surface area contributed by atoms with Crippen molar-refractivity contribution >= 4 is 33.1 Å². The number of amides is 1. The highest BCUT2D eigenvalue weighted by molar-refractivity contribution is 7.89. The lowest BCUT2D eigenvalue weighted by Gasteiger charge is -2.28. The van der Waals surface area contributed by atoms with Crippen molar-refractivity contribution in [1.29, 1.82) is 5.26 Å². The number of ketones is 1. The third-order valence-corrected chi connectivity index (χ3v) is 11.5. The Morgan fingerprint density at radius 3 is 2.33 bits per heavy atom. The van der Waals surface area contributed by atoms with Gasteiger partial charge in [0, 0.05) is 67.8 Å². The van der Waals surface area contributed by atoms with Crippen LogP contribution in [-0.2, 0) is 27.7 Å². The monoisotopic (exact) mass is 635 g/mol. The smallest absolute Gasteiger partial charge is 0.254 e. The molecule has 7 rings (SSSR count). The second kappa shape index (κ2) is 11.4. The van der Waals surface area contributed by atoms with Crippen molar-refractivity contribution in [2.75, 3.05) is 13.1 Å². The second-order valence-corrected chi connectivity index (χ2v) is 14.5. The fourth-order valence-electron chi connectivity index (χ4n) is 6.69. The van der Waals surface area contributed by atoms with Gasteiger partial charge in [-0.15, -0.1) is 0 Å². The van der Waals surface area contributed by atoms with E-state index in [-0.39, 0.29) is 34.5 Å². The van der Waals surface area contributed by atoms with Crippen molar-refractivity contribution in [1.82, 2.24) is 19.5 Å². The van der Waals surface area contributed by atoms with E-state index in [0.29, 0.717) is 42.9 Å². The number of nitriles is 1. The summed E-state index contributed by atoms with van der Waals surface area (Å²) in [5.41, 5.74) is 1.72. The van der Waals surface area contributed by atoms with Gasteiger partial charge in [0.25, 0.3) is 5.91 Å². The average molecular weight is 636 g/mol. The zero-order valence-electron chi connectivity index (χ0n) is 24.1. The summed E-state index contributed by atoms with van der Waals surface area (Å²) in [6.45, 7) is 0.601. The molecule has 1 amide bonds. The van der Waals surface area contributed by atoms with E-state index in [0.717, 1.165) is 11.1 Å². The van der Waals surface area contributed by atoms with Gasteiger partial charge in [0.1, 0.15) is 11.4 Å². The lowest BCUT2D eigenvalue weighted by molar-refractivity contribution is -0.132. The minimum absolute atomic E-state index is 0.0551. The molecule has 226 valence electrons. The fourth-order valence-corrected chi connectivity index (χ4v) is 8.89. The Morgan fingerprint density at radius 1 is 1.00 bits per heavy atom. The number of piperidine rings is 1. The van der Waals surface area contributed by atoms with E-state index in [1.807, 2.05) is 29.0 Å². The fraction of sp³-hybridized carbons (Fsp3) is 0.235. The minimum Gasteiger partial charge on any atom is -0.357 e. The van der Waals surface area contributed by atoms with Gasteiger partial charge in [-0.1, -0.05) is 18.2 Å². The Kier molecular flexibility index (Phi) is 7.36. The Bertz CT molecular complexity index is 1910. The molecule has 3 fully saturated rings. The van der Waals surface area contributed by atoms with Gasteiger partial charge in [-0.25, -0.2) is 8.42 Å². The molecule has 3 unspecified atom stereocenters. The maximum atomic E-state index is 14.7. The topological polar surface area (TPSA) is 123 Å². The number of hydrogen-bond donors (Lipinski definition) is 1. The molecule has 2 aliphatic heterocycles. The quantitative estimate of drug-likeness (QED) is 0.218. The molecule has 3 atom stereocenters. The number of pyridine rings is 1. The summed E-state index contributed by atoms with van der Waals surface area (Å²) in [6, 6.07) is 22.4. The number of nitrogens with one attached hydrogen (secondary N) is 1.